The van der Waals surface area contributed by atoms with Crippen molar-refractivity contribution in [1.29, 1.82) is 0 Å². The first-order valence-electron chi connectivity index (χ1n) is 2.32. The standard InChI is InChI=1S/C5H8NS/c1-2-7-4-3-6-5-7/h3-5H,2H2,1H3/q+1. The highest BCUT2D eigenvalue weighted by Gasteiger charge is 2.06. The molecule has 1 unspecified atom stereocenters. The molecule has 0 saturated carbocycles. The summed E-state index contributed by atoms with van der Waals surface area (Å²) >= 11 is 0. The first-order chi connectivity index (χ1) is 3.43. The van der Waals surface area contributed by atoms with Gasteiger partial charge in [0.15, 0.2) is 0 Å². The van der Waals surface area contributed by atoms with Crippen LogP contribution < -0.4 is 0 Å². The summed E-state index contributed by atoms with van der Waals surface area (Å²) in [5.74, 6) is 3.21. The van der Waals surface area contributed by atoms with E-state index in [0.717, 1.165) is 0 Å². The fourth-order valence-electron chi connectivity index (χ4n) is 0.433. The number of nitrogens with zero attached hydrogens (tertiary/aromatic N) is 1. The van der Waals surface area contributed by atoms with Crippen LogP contribution in [0.3, 0.4) is 0 Å². The van der Waals surface area contributed by atoms with Gasteiger partial charge in [-0.05, 0) is 0 Å². The van der Waals surface area contributed by atoms with Crippen molar-refractivity contribution in [3.05, 3.63) is 17.7 Å². The van der Waals surface area contributed by atoms with Crippen molar-refractivity contribution in [2.45, 2.75) is 6.92 Å². The van der Waals surface area contributed by atoms with Crippen molar-refractivity contribution in [2.75, 3.05) is 5.75 Å². The Morgan fingerprint density at radius 3 is 3.00 bits per heavy atom. The highest BCUT2D eigenvalue weighted by atomic mass is 32.2. The SMILES string of the molecule is CCS1=C[CH+][N-][CH+]1. The van der Waals surface area contributed by atoms with E-state index in [9.17, 15) is 0 Å². The van der Waals surface area contributed by atoms with E-state index in [4.69, 9.17) is 0 Å². The fraction of sp³-hybridized carbons (Fsp3) is 0.400. The number of hydrogen-bond acceptors (Lipinski definition) is 0. The van der Waals surface area contributed by atoms with Crippen LogP contribution in [0.4, 0.5) is 0 Å². The molecule has 0 amide bonds. The van der Waals surface area contributed by atoms with Gasteiger partial charge in [-0.25, -0.2) is 5.32 Å². The molecule has 1 rings (SSSR count). The third-order valence-electron chi connectivity index (χ3n) is 0.851. The Balaban J connectivity index is 2.36. The topological polar surface area (TPSA) is 14.1 Å². The minimum atomic E-state index is 0.394. The molecule has 1 aliphatic heterocycles. The summed E-state index contributed by atoms with van der Waals surface area (Å²) in [6, 6.07) is 0. The van der Waals surface area contributed by atoms with E-state index < -0.39 is 0 Å². The first kappa shape index (κ1) is 5.06. The van der Waals surface area contributed by atoms with Crippen molar-refractivity contribution in [3.8, 4) is 0 Å². The van der Waals surface area contributed by atoms with Gasteiger partial charge in [0.1, 0.15) is 5.37 Å². The zero-order chi connectivity index (χ0) is 5.11. The van der Waals surface area contributed by atoms with E-state index in [0.29, 0.717) is 10.5 Å². The molecule has 1 heterocycles. The largest absolute Gasteiger partial charge is 0.236 e. The van der Waals surface area contributed by atoms with Crippen LogP contribution in [0, 0.1) is 12.4 Å². The molecule has 0 radical (unpaired) electrons. The second-order valence-corrected chi connectivity index (χ2v) is 3.30. The van der Waals surface area contributed by atoms with Crippen LogP contribution >= 0.6 is 10.5 Å². The molecule has 0 spiro atoms. The van der Waals surface area contributed by atoms with Crippen LogP contribution in [0.1, 0.15) is 6.92 Å². The lowest BCUT2D eigenvalue weighted by atomic mass is 10.8. The average molecular weight is 114 g/mol. The van der Waals surface area contributed by atoms with Gasteiger partial charge in [0.05, 0.1) is 12.4 Å². The van der Waals surface area contributed by atoms with E-state index in [1.54, 1.807) is 0 Å². The number of rotatable bonds is 1. The highest BCUT2D eigenvalue weighted by Crippen LogP contribution is 2.26. The van der Waals surface area contributed by atoms with Gasteiger partial charge in [-0.2, -0.15) is 0 Å². The van der Waals surface area contributed by atoms with E-state index in [1.807, 2.05) is 12.4 Å². The molecule has 38 valence electrons. The van der Waals surface area contributed by atoms with E-state index in [2.05, 4.69) is 17.6 Å². The Hall–Kier alpha value is -0.0800. The quantitative estimate of drug-likeness (QED) is 0.364. The molecule has 0 aromatic heterocycles. The third-order valence-corrected chi connectivity index (χ3v) is 2.38. The maximum atomic E-state index is 3.94. The molecule has 1 nitrogen and oxygen atoms in total. The predicted molar refractivity (Wildman–Crippen MR) is 36.2 cm³/mol. The lowest BCUT2D eigenvalue weighted by Gasteiger charge is -1.82. The molecule has 2 heteroatoms. The molecule has 0 fully saturated rings. The monoisotopic (exact) mass is 114 g/mol. The van der Waals surface area contributed by atoms with Crippen LogP contribution in [-0.4, -0.2) is 11.1 Å². The molecular formula is C5H8NS+. The predicted octanol–water partition coefficient (Wildman–Crippen LogP) is 1.75. The maximum absolute atomic E-state index is 3.94. The van der Waals surface area contributed by atoms with Crippen molar-refractivity contribution in [3.63, 3.8) is 0 Å². The molecule has 0 bridgehead atoms. The Labute approximate surface area is 47.0 Å². The average Bonchev–Trinajstić information content (AvgIpc) is 2.14. The van der Waals surface area contributed by atoms with Crippen LogP contribution in [0.25, 0.3) is 5.32 Å². The summed E-state index contributed by atoms with van der Waals surface area (Å²) in [6.07, 6.45) is 0. The van der Waals surface area contributed by atoms with Crippen LogP contribution in [0.2, 0.25) is 0 Å². The summed E-state index contributed by atoms with van der Waals surface area (Å²) < 4.78 is 0. The van der Waals surface area contributed by atoms with Crippen molar-refractivity contribution >= 4 is 15.9 Å². The Morgan fingerprint density at radius 1 is 1.86 bits per heavy atom. The van der Waals surface area contributed by atoms with Gasteiger partial charge < -0.3 is 0 Å². The minimum Gasteiger partial charge on any atom is -0.236 e. The Morgan fingerprint density at radius 2 is 2.71 bits per heavy atom. The molecule has 0 saturated heterocycles. The zero-order valence-electron chi connectivity index (χ0n) is 4.29. The second kappa shape index (κ2) is 2.28. The third kappa shape index (κ3) is 1.14. The summed E-state index contributed by atoms with van der Waals surface area (Å²) in [5, 5.41) is 6.08. The Bertz CT molecular complexity index is 88.1. The van der Waals surface area contributed by atoms with E-state index >= 15 is 0 Å². The van der Waals surface area contributed by atoms with Crippen molar-refractivity contribution < 1.29 is 0 Å². The normalized spacial score (nSPS) is 27.9. The van der Waals surface area contributed by atoms with Gasteiger partial charge in [0, 0.05) is 16.2 Å². The summed E-state index contributed by atoms with van der Waals surface area (Å²) in [4.78, 5) is 0. The summed E-state index contributed by atoms with van der Waals surface area (Å²) in [5.41, 5.74) is 0. The molecule has 1 aliphatic rings. The Kier molecular flexibility index (Phi) is 1.65. The van der Waals surface area contributed by atoms with Crippen molar-refractivity contribution in [1.82, 2.24) is 0 Å². The second-order valence-electron chi connectivity index (χ2n) is 1.30. The van der Waals surface area contributed by atoms with Gasteiger partial charge >= 0.3 is 0 Å². The fourth-order valence-corrected chi connectivity index (χ4v) is 1.30. The van der Waals surface area contributed by atoms with Crippen LogP contribution in [0.5, 0.6) is 0 Å². The smallest absolute Gasteiger partial charge is 0.147 e. The van der Waals surface area contributed by atoms with Crippen molar-refractivity contribution in [2.24, 2.45) is 0 Å². The molecule has 0 N–H and O–H groups in total. The van der Waals surface area contributed by atoms with Gasteiger partial charge in [0.25, 0.3) is 0 Å². The molecule has 0 aliphatic carbocycles. The van der Waals surface area contributed by atoms with E-state index in [1.165, 1.54) is 5.75 Å². The summed E-state index contributed by atoms with van der Waals surface area (Å²) in [6.45, 7) is 4.04. The van der Waals surface area contributed by atoms with Crippen LogP contribution in [0.15, 0.2) is 0 Å². The van der Waals surface area contributed by atoms with Gasteiger partial charge in [-0.3, -0.25) is 0 Å². The maximum Gasteiger partial charge on any atom is 0.147 e. The van der Waals surface area contributed by atoms with E-state index in [-0.39, 0.29) is 0 Å². The highest BCUT2D eigenvalue weighted by molar-refractivity contribution is 8.17. The molecule has 0 aromatic carbocycles. The van der Waals surface area contributed by atoms with Crippen LogP contribution in [-0.2, 0) is 0 Å². The molecule has 1 atom stereocenters. The molecule has 0 aromatic rings. The van der Waals surface area contributed by atoms with Gasteiger partial charge in [-0.1, -0.05) is 6.92 Å². The van der Waals surface area contributed by atoms with Gasteiger partial charge in [-0.15, -0.1) is 0 Å². The lowest BCUT2D eigenvalue weighted by molar-refractivity contribution is 1.53. The number of hydrogen-bond donors (Lipinski definition) is 0. The molecular weight excluding hydrogens is 106 g/mol. The minimum absolute atomic E-state index is 0.394. The van der Waals surface area contributed by atoms with Gasteiger partial charge in [0.2, 0.25) is 0 Å². The zero-order valence-corrected chi connectivity index (χ0v) is 5.11. The summed E-state index contributed by atoms with van der Waals surface area (Å²) in [7, 11) is 0.394. The lowest BCUT2D eigenvalue weighted by Crippen LogP contribution is -1.66. The first-order valence-corrected chi connectivity index (χ1v) is 3.84. The molecule has 7 heavy (non-hydrogen) atoms.